The quantitative estimate of drug-likeness (QED) is 0.841. The summed E-state index contributed by atoms with van der Waals surface area (Å²) < 4.78 is 52.5. The summed E-state index contributed by atoms with van der Waals surface area (Å²) in [5.41, 5.74) is 4.99. The van der Waals surface area contributed by atoms with Gasteiger partial charge in [0.05, 0.1) is 11.4 Å². The van der Waals surface area contributed by atoms with Gasteiger partial charge in [-0.1, -0.05) is 0 Å². The number of pyridine rings is 1. The highest BCUT2D eigenvalue weighted by Gasteiger charge is 2.21. The zero-order chi connectivity index (χ0) is 14.0. The lowest BCUT2D eigenvalue weighted by Gasteiger charge is -2.09. The van der Waals surface area contributed by atoms with Crippen LogP contribution in [0.4, 0.5) is 20.2 Å². The molecule has 8 heteroatoms. The van der Waals surface area contributed by atoms with Crippen molar-refractivity contribution < 1.29 is 17.2 Å². The summed E-state index contributed by atoms with van der Waals surface area (Å²) in [7, 11) is -4.18. The first-order chi connectivity index (χ1) is 8.90. The maximum atomic E-state index is 13.5. The Morgan fingerprint density at radius 2 is 1.74 bits per heavy atom. The van der Waals surface area contributed by atoms with Gasteiger partial charge in [-0.15, -0.1) is 0 Å². The van der Waals surface area contributed by atoms with E-state index in [-0.39, 0.29) is 5.69 Å². The molecule has 2 aromatic rings. The molecule has 0 atom stereocenters. The van der Waals surface area contributed by atoms with Crippen LogP contribution in [0.15, 0.2) is 41.6 Å². The van der Waals surface area contributed by atoms with Gasteiger partial charge in [0.2, 0.25) is 0 Å². The molecule has 0 bridgehead atoms. The van der Waals surface area contributed by atoms with Crippen molar-refractivity contribution in [2.75, 3.05) is 10.5 Å². The monoisotopic (exact) mass is 285 g/mol. The lowest BCUT2D eigenvalue weighted by atomic mass is 10.3. The fourth-order valence-electron chi connectivity index (χ4n) is 1.38. The van der Waals surface area contributed by atoms with Gasteiger partial charge in [-0.3, -0.25) is 9.71 Å². The van der Waals surface area contributed by atoms with Gasteiger partial charge in [0.15, 0.2) is 0 Å². The molecule has 5 nitrogen and oxygen atoms in total. The Kier molecular flexibility index (Phi) is 3.34. The number of nitrogens with one attached hydrogen (secondary N) is 1. The van der Waals surface area contributed by atoms with Gasteiger partial charge in [-0.25, -0.2) is 17.2 Å². The molecular weight excluding hydrogens is 276 g/mol. The highest BCUT2D eigenvalue weighted by Crippen LogP contribution is 2.23. The van der Waals surface area contributed by atoms with Crippen LogP contribution in [0, 0.1) is 11.6 Å². The second-order valence-electron chi connectivity index (χ2n) is 3.65. The summed E-state index contributed by atoms with van der Waals surface area (Å²) in [5, 5.41) is 0. The molecule has 19 heavy (non-hydrogen) atoms. The number of rotatable bonds is 3. The Bertz CT molecular complexity index is 705. The van der Waals surface area contributed by atoms with E-state index in [0.29, 0.717) is 6.07 Å². The van der Waals surface area contributed by atoms with Crippen LogP contribution in [0.2, 0.25) is 0 Å². The molecule has 0 amide bonds. The first kappa shape index (κ1) is 13.2. The van der Waals surface area contributed by atoms with E-state index in [4.69, 9.17) is 5.73 Å². The van der Waals surface area contributed by atoms with Crippen molar-refractivity contribution in [3.63, 3.8) is 0 Å². The molecule has 0 aliphatic rings. The van der Waals surface area contributed by atoms with Crippen molar-refractivity contribution in [2.45, 2.75) is 4.90 Å². The van der Waals surface area contributed by atoms with E-state index in [1.807, 2.05) is 0 Å². The predicted molar refractivity (Wildman–Crippen MR) is 65.8 cm³/mol. The molecule has 3 N–H and O–H groups in total. The van der Waals surface area contributed by atoms with Crippen molar-refractivity contribution in [3.05, 3.63) is 48.3 Å². The van der Waals surface area contributed by atoms with Gasteiger partial charge in [-0.2, -0.15) is 0 Å². The average Bonchev–Trinajstić information content (AvgIpc) is 2.34. The van der Waals surface area contributed by atoms with Gasteiger partial charge in [-0.05, 0) is 18.2 Å². The molecular formula is C11H9F2N3O2S. The van der Waals surface area contributed by atoms with Crippen molar-refractivity contribution >= 4 is 21.4 Å². The zero-order valence-electron chi connectivity index (χ0n) is 9.47. The molecule has 0 unspecified atom stereocenters. The number of anilines is 2. The van der Waals surface area contributed by atoms with Gasteiger partial charge in [0, 0.05) is 18.5 Å². The Morgan fingerprint density at radius 1 is 1.11 bits per heavy atom. The van der Waals surface area contributed by atoms with Gasteiger partial charge in [0.25, 0.3) is 10.0 Å². The Balaban J connectivity index is 2.43. The molecule has 1 aromatic heterocycles. The number of nitrogens with two attached hydrogens (primary N) is 1. The molecule has 1 heterocycles. The standard InChI is InChI=1S/C11H9F2N3O2S/c12-8-5-9(13)11(6-10(8)14)19(17,18)16-7-1-3-15-4-2-7/h1-6H,14H2,(H,15,16). The second-order valence-corrected chi connectivity index (χ2v) is 5.30. The van der Waals surface area contributed by atoms with Crippen LogP contribution < -0.4 is 10.5 Å². The molecule has 0 aliphatic carbocycles. The number of sulfonamides is 1. The summed E-state index contributed by atoms with van der Waals surface area (Å²) in [6.07, 6.45) is 2.74. The fraction of sp³-hybridized carbons (Fsp3) is 0. The van der Waals surface area contributed by atoms with Gasteiger partial charge in [0.1, 0.15) is 16.5 Å². The number of benzene rings is 1. The molecule has 2 rings (SSSR count). The normalized spacial score (nSPS) is 11.3. The van der Waals surface area contributed by atoms with Crippen LogP contribution in [-0.2, 0) is 10.0 Å². The van der Waals surface area contributed by atoms with Crippen molar-refractivity contribution in [2.24, 2.45) is 0 Å². The largest absolute Gasteiger partial charge is 0.396 e. The topological polar surface area (TPSA) is 85.1 Å². The lowest BCUT2D eigenvalue weighted by molar-refractivity contribution is 0.553. The van der Waals surface area contributed by atoms with Crippen LogP contribution in [-0.4, -0.2) is 13.4 Å². The highest BCUT2D eigenvalue weighted by molar-refractivity contribution is 7.92. The minimum absolute atomic E-state index is 0.206. The SMILES string of the molecule is Nc1cc(S(=O)(=O)Nc2ccncc2)c(F)cc1F. The van der Waals surface area contributed by atoms with Crippen LogP contribution in [0.1, 0.15) is 0 Å². The van der Waals surface area contributed by atoms with E-state index in [1.54, 1.807) is 0 Å². The van der Waals surface area contributed by atoms with E-state index in [1.165, 1.54) is 24.5 Å². The molecule has 0 spiro atoms. The first-order valence-corrected chi connectivity index (χ1v) is 6.56. The van der Waals surface area contributed by atoms with Crippen LogP contribution >= 0.6 is 0 Å². The average molecular weight is 285 g/mol. The minimum Gasteiger partial charge on any atom is -0.396 e. The number of hydrogen-bond acceptors (Lipinski definition) is 4. The number of nitrogens with zero attached hydrogens (tertiary/aromatic N) is 1. The summed E-state index contributed by atoms with van der Waals surface area (Å²) in [6.45, 7) is 0. The summed E-state index contributed by atoms with van der Waals surface area (Å²) in [6, 6.07) is 3.94. The lowest BCUT2D eigenvalue weighted by Crippen LogP contribution is -2.15. The van der Waals surface area contributed by atoms with E-state index < -0.39 is 32.2 Å². The maximum Gasteiger partial charge on any atom is 0.264 e. The van der Waals surface area contributed by atoms with Crippen molar-refractivity contribution in [1.29, 1.82) is 0 Å². The van der Waals surface area contributed by atoms with E-state index in [0.717, 1.165) is 6.07 Å². The molecule has 1 aromatic carbocycles. The predicted octanol–water partition coefficient (Wildman–Crippen LogP) is 1.74. The van der Waals surface area contributed by atoms with Crippen molar-refractivity contribution in [1.82, 2.24) is 4.98 Å². The molecule has 100 valence electrons. The molecule has 0 aliphatic heterocycles. The van der Waals surface area contributed by atoms with Crippen LogP contribution in [0.5, 0.6) is 0 Å². The third-order valence-corrected chi connectivity index (χ3v) is 3.67. The first-order valence-electron chi connectivity index (χ1n) is 5.07. The minimum atomic E-state index is -4.18. The van der Waals surface area contributed by atoms with E-state index in [2.05, 4.69) is 9.71 Å². The fourth-order valence-corrected chi connectivity index (χ4v) is 2.53. The number of aromatic nitrogens is 1. The Hall–Kier alpha value is -2.22. The number of hydrogen-bond donors (Lipinski definition) is 2. The number of halogens is 2. The molecule has 0 saturated heterocycles. The zero-order valence-corrected chi connectivity index (χ0v) is 10.3. The number of nitrogen functional groups attached to an aromatic ring is 1. The molecule has 0 fully saturated rings. The third-order valence-electron chi connectivity index (χ3n) is 2.27. The summed E-state index contributed by atoms with van der Waals surface area (Å²) >= 11 is 0. The Morgan fingerprint density at radius 3 is 2.37 bits per heavy atom. The van der Waals surface area contributed by atoms with E-state index >= 15 is 0 Å². The maximum absolute atomic E-state index is 13.5. The molecule has 0 radical (unpaired) electrons. The highest BCUT2D eigenvalue weighted by atomic mass is 32.2. The molecule has 0 saturated carbocycles. The van der Waals surface area contributed by atoms with Crippen LogP contribution in [0.25, 0.3) is 0 Å². The van der Waals surface area contributed by atoms with Gasteiger partial charge < -0.3 is 5.73 Å². The van der Waals surface area contributed by atoms with E-state index in [9.17, 15) is 17.2 Å². The Labute approximate surface area is 108 Å². The third kappa shape index (κ3) is 2.79. The van der Waals surface area contributed by atoms with Gasteiger partial charge >= 0.3 is 0 Å². The van der Waals surface area contributed by atoms with Crippen molar-refractivity contribution in [3.8, 4) is 0 Å². The second kappa shape index (κ2) is 4.81. The smallest absolute Gasteiger partial charge is 0.264 e. The summed E-state index contributed by atoms with van der Waals surface area (Å²) in [4.78, 5) is 2.99. The van der Waals surface area contributed by atoms with Crippen LogP contribution in [0.3, 0.4) is 0 Å². The summed E-state index contributed by atoms with van der Waals surface area (Å²) in [5.74, 6) is -2.23.